The van der Waals surface area contributed by atoms with E-state index in [4.69, 9.17) is 22.1 Å². The smallest absolute Gasteiger partial charge is 0.131 e. The van der Waals surface area contributed by atoms with Crippen LogP contribution >= 0.6 is 11.6 Å². The van der Waals surface area contributed by atoms with E-state index in [1.807, 2.05) is 18.2 Å². The van der Waals surface area contributed by atoms with Crippen LogP contribution in [0, 0.1) is 5.82 Å². The van der Waals surface area contributed by atoms with Gasteiger partial charge in [-0.3, -0.25) is 0 Å². The standard InChI is InChI=1S/C16H15ClFNO/c17-12-3-1-11(15(18)8-12)9-20-13-4-5-14-10(7-13)2-6-16(14)19/h1,3-5,7-8,16H,2,6,9,19H2/t16-/m1/s1. The highest BCUT2D eigenvalue weighted by molar-refractivity contribution is 6.30. The van der Waals surface area contributed by atoms with Gasteiger partial charge in [0, 0.05) is 16.6 Å². The summed E-state index contributed by atoms with van der Waals surface area (Å²) in [7, 11) is 0. The number of hydrogen-bond donors (Lipinski definition) is 1. The lowest BCUT2D eigenvalue weighted by Crippen LogP contribution is -2.05. The van der Waals surface area contributed by atoms with Crippen LogP contribution in [0.1, 0.15) is 29.2 Å². The van der Waals surface area contributed by atoms with Gasteiger partial charge in [-0.25, -0.2) is 4.39 Å². The third kappa shape index (κ3) is 2.65. The van der Waals surface area contributed by atoms with Gasteiger partial charge >= 0.3 is 0 Å². The average Bonchev–Trinajstić information content (AvgIpc) is 2.79. The minimum Gasteiger partial charge on any atom is -0.489 e. The van der Waals surface area contributed by atoms with Crippen LogP contribution in [0.25, 0.3) is 0 Å². The topological polar surface area (TPSA) is 35.2 Å². The zero-order valence-corrected chi connectivity index (χ0v) is 11.7. The van der Waals surface area contributed by atoms with Gasteiger partial charge in [-0.05, 0) is 48.2 Å². The van der Waals surface area contributed by atoms with Gasteiger partial charge in [0.2, 0.25) is 0 Å². The first-order valence-electron chi connectivity index (χ1n) is 6.58. The summed E-state index contributed by atoms with van der Waals surface area (Å²) in [5.41, 5.74) is 8.90. The molecule has 0 spiro atoms. The molecule has 1 atom stereocenters. The summed E-state index contributed by atoms with van der Waals surface area (Å²) in [6.07, 6.45) is 1.95. The lowest BCUT2D eigenvalue weighted by Gasteiger charge is -2.10. The summed E-state index contributed by atoms with van der Waals surface area (Å²) in [6, 6.07) is 10.6. The average molecular weight is 292 g/mol. The van der Waals surface area contributed by atoms with Crippen molar-refractivity contribution < 1.29 is 9.13 Å². The molecule has 0 fully saturated rings. The Balaban J connectivity index is 1.73. The molecule has 1 aliphatic rings. The third-order valence-electron chi connectivity index (χ3n) is 3.65. The van der Waals surface area contributed by atoms with E-state index in [0.717, 1.165) is 18.6 Å². The molecular weight excluding hydrogens is 277 g/mol. The fourth-order valence-corrected chi connectivity index (χ4v) is 2.68. The second-order valence-corrected chi connectivity index (χ2v) is 5.47. The number of benzene rings is 2. The van der Waals surface area contributed by atoms with E-state index >= 15 is 0 Å². The summed E-state index contributed by atoms with van der Waals surface area (Å²) < 4.78 is 19.3. The minimum atomic E-state index is -0.347. The monoisotopic (exact) mass is 291 g/mol. The summed E-state index contributed by atoms with van der Waals surface area (Å²) in [4.78, 5) is 0. The van der Waals surface area contributed by atoms with E-state index in [1.54, 1.807) is 12.1 Å². The predicted molar refractivity (Wildman–Crippen MR) is 77.4 cm³/mol. The number of ether oxygens (including phenoxy) is 1. The van der Waals surface area contributed by atoms with Crippen LogP contribution < -0.4 is 10.5 Å². The highest BCUT2D eigenvalue weighted by Gasteiger charge is 2.19. The van der Waals surface area contributed by atoms with Crippen molar-refractivity contribution in [3.8, 4) is 5.75 Å². The maximum absolute atomic E-state index is 13.6. The van der Waals surface area contributed by atoms with Crippen LogP contribution in [0.3, 0.4) is 0 Å². The van der Waals surface area contributed by atoms with Crippen molar-refractivity contribution in [3.05, 3.63) is 63.9 Å². The van der Waals surface area contributed by atoms with Gasteiger partial charge in [0.25, 0.3) is 0 Å². The van der Waals surface area contributed by atoms with Crippen molar-refractivity contribution in [1.82, 2.24) is 0 Å². The summed E-state index contributed by atoms with van der Waals surface area (Å²) in [5, 5.41) is 0.387. The molecular formula is C16H15ClFNO. The van der Waals surface area contributed by atoms with Crippen molar-refractivity contribution in [2.45, 2.75) is 25.5 Å². The van der Waals surface area contributed by atoms with E-state index in [1.165, 1.54) is 17.2 Å². The van der Waals surface area contributed by atoms with Gasteiger partial charge in [-0.15, -0.1) is 0 Å². The first-order chi connectivity index (χ1) is 9.63. The first-order valence-corrected chi connectivity index (χ1v) is 6.96. The Kier molecular flexibility index (Phi) is 3.64. The largest absolute Gasteiger partial charge is 0.489 e. The molecule has 2 aromatic rings. The van der Waals surface area contributed by atoms with E-state index < -0.39 is 0 Å². The fourth-order valence-electron chi connectivity index (χ4n) is 2.52. The molecule has 0 aliphatic heterocycles. The molecule has 2 N–H and O–H groups in total. The molecule has 0 heterocycles. The molecule has 0 saturated heterocycles. The summed E-state index contributed by atoms with van der Waals surface area (Å²) in [6.45, 7) is 0.188. The number of nitrogens with two attached hydrogens (primary N) is 1. The zero-order valence-electron chi connectivity index (χ0n) is 10.9. The van der Waals surface area contributed by atoms with E-state index in [-0.39, 0.29) is 18.5 Å². The number of halogens is 2. The molecule has 0 radical (unpaired) electrons. The predicted octanol–water partition coefficient (Wildman–Crippen LogP) is 4.00. The normalized spacial score (nSPS) is 17.1. The number of rotatable bonds is 3. The highest BCUT2D eigenvalue weighted by Crippen LogP contribution is 2.32. The molecule has 2 nitrogen and oxygen atoms in total. The van der Waals surface area contributed by atoms with E-state index in [2.05, 4.69) is 0 Å². The number of hydrogen-bond acceptors (Lipinski definition) is 2. The number of aryl methyl sites for hydroxylation is 1. The number of fused-ring (bicyclic) bond motifs is 1. The molecule has 0 bridgehead atoms. The van der Waals surface area contributed by atoms with Crippen molar-refractivity contribution >= 4 is 11.6 Å². The lowest BCUT2D eigenvalue weighted by atomic mass is 10.1. The van der Waals surface area contributed by atoms with Crippen LogP contribution in [0.15, 0.2) is 36.4 Å². The fraction of sp³-hybridized carbons (Fsp3) is 0.250. The van der Waals surface area contributed by atoms with E-state index in [0.29, 0.717) is 10.6 Å². The van der Waals surface area contributed by atoms with E-state index in [9.17, 15) is 4.39 Å². The summed E-state index contributed by atoms with van der Waals surface area (Å²) >= 11 is 5.72. The van der Waals surface area contributed by atoms with Gasteiger partial charge < -0.3 is 10.5 Å². The van der Waals surface area contributed by atoms with Gasteiger partial charge in [0.15, 0.2) is 0 Å². The minimum absolute atomic E-state index is 0.132. The van der Waals surface area contributed by atoms with Crippen molar-refractivity contribution in [1.29, 1.82) is 0 Å². The van der Waals surface area contributed by atoms with Gasteiger partial charge in [0.05, 0.1) is 0 Å². The molecule has 3 rings (SSSR count). The van der Waals surface area contributed by atoms with Crippen LogP contribution in [0.5, 0.6) is 5.75 Å². The van der Waals surface area contributed by atoms with Crippen LogP contribution in [-0.4, -0.2) is 0 Å². The van der Waals surface area contributed by atoms with Crippen molar-refractivity contribution in [3.63, 3.8) is 0 Å². The Labute approximate surface area is 122 Å². The molecule has 0 aromatic heterocycles. The molecule has 0 saturated carbocycles. The maximum atomic E-state index is 13.6. The SMILES string of the molecule is N[C@@H]1CCc2cc(OCc3ccc(Cl)cc3F)ccc21. The Hall–Kier alpha value is -1.58. The van der Waals surface area contributed by atoms with Crippen LogP contribution in [-0.2, 0) is 13.0 Å². The third-order valence-corrected chi connectivity index (χ3v) is 3.88. The molecule has 1 aliphatic carbocycles. The van der Waals surface area contributed by atoms with Gasteiger partial charge in [-0.2, -0.15) is 0 Å². The van der Waals surface area contributed by atoms with Gasteiger partial charge in [-0.1, -0.05) is 23.7 Å². The first kappa shape index (κ1) is 13.4. The Bertz CT molecular complexity index is 644. The molecule has 0 amide bonds. The lowest BCUT2D eigenvalue weighted by molar-refractivity contribution is 0.299. The second-order valence-electron chi connectivity index (χ2n) is 5.03. The zero-order chi connectivity index (χ0) is 14.1. The molecule has 4 heteroatoms. The van der Waals surface area contributed by atoms with Crippen molar-refractivity contribution in [2.75, 3.05) is 0 Å². The second kappa shape index (κ2) is 5.43. The molecule has 0 unspecified atom stereocenters. The highest BCUT2D eigenvalue weighted by atomic mass is 35.5. The van der Waals surface area contributed by atoms with Crippen LogP contribution in [0.4, 0.5) is 4.39 Å². The van der Waals surface area contributed by atoms with Gasteiger partial charge in [0.1, 0.15) is 18.2 Å². The Morgan fingerprint density at radius 2 is 2.10 bits per heavy atom. The Morgan fingerprint density at radius 1 is 1.25 bits per heavy atom. The maximum Gasteiger partial charge on any atom is 0.131 e. The quantitative estimate of drug-likeness (QED) is 0.927. The summed E-state index contributed by atoms with van der Waals surface area (Å²) in [5.74, 6) is 0.396. The van der Waals surface area contributed by atoms with Crippen LogP contribution in [0.2, 0.25) is 5.02 Å². The van der Waals surface area contributed by atoms with Crippen molar-refractivity contribution in [2.24, 2.45) is 5.73 Å². The molecule has 2 aromatic carbocycles. The molecule has 20 heavy (non-hydrogen) atoms. The Morgan fingerprint density at radius 3 is 2.90 bits per heavy atom. The molecule has 104 valence electrons.